The first kappa shape index (κ1) is 14.0. The van der Waals surface area contributed by atoms with E-state index in [-0.39, 0.29) is 13.2 Å². The van der Waals surface area contributed by atoms with Crippen LogP contribution in [0, 0.1) is 0 Å². The molecule has 1 rings (SSSR count). The van der Waals surface area contributed by atoms with E-state index in [1.54, 1.807) is 30.3 Å². The van der Waals surface area contributed by atoms with Gasteiger partial charge in [-0.1, -0.05) is 30.3 Å². The number of carbonyl (C=O) groups is 2. The fraction of sp³-hybridized carbons (Fsp3) is 0.333. The lowest BCUT2D eigenvalue weighted by Crippen LogP contribution is -2.34. The van der Waals surface area contributed by atoms with Crippen LogP contribution in [0.1, 0.15) is 11.6 Å². The number of carbonyl (C=O) groups excluding carboxylic acids is 1. The van der Waals surface area contributed by atoms with E-state index >= 15 is 0 Å². The zero-order valence-electron chi connectivity index (χ0n) is 9.96. The van der Waals surface area contributed by atoms with Crippen molar-refractivity contribution in [2.45, 2.75) is 6.04 Å². The van der Waals surface area contributed by atoms with Crippen molar-refractivity contribution < 1.29 is 24.2 Å². The van der Waals surface area contributed by atoms with Gasteiger partial charge in [-0.05, 0) is 5.56 Å². The molecule has 6 heteroatoms. The predicted molar refractivity (Wildman–Crippen MR) is 63.2 cm³/mol. The third-order valence-electron chi connectivity index (χ3n) is 2.16. The standard InChI is InChI=1S/C12H15NO5/c1-17-7-8-18-12(16)13-10(11(14)15)9-5-3-2-4-6-9/h2-6,10H,7-8H2,1H3,(H,13,16)(H,14,15). The summed E-state index contributed by atoms with van der Waals surface area (Å²) in [5, 5.41) is 11.3. The maximum absolute atomic E-state index is 11.4. The average molecular weight is 253 g/mol. The molecule has 0 heterocycles. The van der Waals surface area contributed by atoms with Crippen LogP contribution in [0.2, 0.25) is 0 Å². The molecule has 6 nitrogen and oxygen atoms in total. The van der Waals surface area contributed by atoms with Crippen molar-refractivity contribution in [2.24, 2.45) is 0 Å². The highest BCUT2D eigenvalue weighted by atomic mass is 16.6. The van der Waals surface area contributed by atoms with Gasteiger partial charge in [-0.3, -0.25) is 0 Å². The monoisotopic (exact) mass is 253 g/mol. The molecule has 0 aliphatic heterocycles. The lowest BCUT2D eigenvalue weighted by molar-refractivity contribution is -0.139. The minimum Gasteiger partial charge on any atom is -0.479 e. The third-order valence-corrected chi connectivity index (χ3v) is 2.16. The van der Waals surface area contributed by atoms with E-state index in [1.807, 2.05) is 0 Å². The molecule has 98 valence electrons. The first-order valence-corrected chi connectivity index (χ1v) is 5.35. The summed E-state index contributed by atoms with van der Waals surface area (Å²) in [6.45, 7) is 0.333. The average Bonchev–Trinajstić information content (AvgIpc) is 2.37. The van der Waals surface area contributed by atoms with Gasteiger partial charge in [-0.25, -0.2) is 9.59 Å². The molecule has 0 aliphatic rings. The topological polar surface area (TPSA) is 84.9 Å². The minimum absolute atomic E-state index is 0.0729. The summed E-state index contributed by atoms with van der Waals surface area (Å²) >= 11 is 0. The summed E-state index contributed by atoms with van der Waals surface area (Å²) in [5.41, 5.74) is 0.480. The van der Waals surface area contributed by atoms with Gasteiger partial charge in [0.25, 0.3) is 0 Å². The molecule has 1 aromatic rings. The lowest BCUT2D eigenvalue weighted by Gasteiger charge is -2.14. The van der Waals surface area contributed by atoms with Crippen molar-refractivity contribution in [3.8, 4) is 0 Å². The quantitative estimate of drug-likeness (QED) is 0.744. The summed E-state index contributed by atoms with van der Waals surface area (Å²) in [6, 6.07) is 7.27. The number of benzene rings is 1. The van der Waals surface area contributed by atoms with Gasteiger partial charge >= 0.3 is 12.1 Å². The Morgan fingerprint density at radius 2 is 1.94 bits per heavy atom. The summed E-state index contributed by atoms with van der Waals surface area (Å²) in [5.74, 6) is -1.15. The van der Waals surface area contributed by atoms with E-state index in [4.69, 9.17) is 14.6 Å². The van der Waals surface area contributed by atoms with Gasteiger partial charge < -0.3 is 19.9 Å². The van der Waals surface area contributed by atoms with Crippen LogP contribution in [0.5, 0.6) is 0 Å². The Hall–Kier alpha value is -2.08. The van der Waals surface area contributed by atoms with Crippen molar-refractivity contribution in [2.75, 3.05) is 20.3 Å². The number of hydrogen-bond donors (Lipinski definition) is 2. The van der Waals surface area contributed by atoms with Crippen molar-refractivity contribution in [3.63, 3.8) is 0 Å². The lowest BCUT2D eigenvalue weighted by atomic mass is 10.1. The second-order valence-electron chi connectivity index (χ2n) is 3.45. The summed E-state index contributed by atoms with van der Waals surface area (Å²) in [7, 11) is 1.48. The Labute approximate surface area is 105 Å². The van der Waals surface area contributed by atoms with Gasteiger partial charge in [0.05, 0.1) is 6.61 Å². The summed E-state index contributed by atoms with van der Waals surface area (Å²) in [4.78, 5) is 22.4. The highest BCUT2D eigenvalue weighted by Crippen LogP contribution is 2.12. The Kier molecular flexibility index (Phi) is 5.66. The first-order valence-electron chi connectivity index (χ1n) is 5.35. The van der Waals surface area contributed by atoms with E-state index < -0.39 is 18.1 Å². The molecular weight excluding hydrogens is 238 g/mol. The second kappa shape index (κ2) is 7.29. The van der Waals surface area contributed by atoms with Crippen molar-refractivity contribution in [3.05, 3.63) is 35.9 Å². The number of alkyl carbamates (subject to hydrolysis) is 1. The molecule has 0 aliphatic carbocycles. The van der Waals surface area contributed by atoms with Gasteiger partial charge in [0.15, 0.2) is 6.04 Å². The predicted octanol–water partition coefficient (Wildman–Crippen LogP) is 1.18. The third kappa shape index (κ3) is 4.42. The van der Waals surface area contributed by atoms with E-state index in [0.717, 1.165) is 0 Å². The molecule has 2 N–H and O–H groups in total. The molecule has 18 heavy (non-hydrogen) atoms. The van der Waals surface area contributed by atoms with Crippen LogP contribution in [0.4, 0.5) is 4.79 Å². The second-order valence-corrected chi connectivity index (χ2v) is 3.45. The SMILES string of the molecule is COCCOC(=O)NC(C(=O)O)c1ccccc1. The van der Waals surface area contributed by atoms with Gasteiger partial charge in [0.1, 0.15) is 6.61 Å². The number of rotatable bonds is 6. The summed E-state index contributed by atoms with van der Waals surface area (Å²) in [6.07, 6.45) is -0.789. The van der Waals surface area contributed by atoms with Gasteiger partial charge in [0.2, 0.25) is 0 Å². The summed E-state index contributed by atoms with van der Waals surface area (Å²) < 4.78 is 9.45. The number of carboxylic acids is 1. The highest BCUT2D eigenvalue weighted by molar-refractivity contribution is 5.81. The number of ether oxygens (including phenoxy) is 2. The van der Waals surface area contributed by atoms with Crippen molar-refractivity contribution >= 4 is 12.1 Å². The van der Waals surface area contributed by atoms with Crippen LogP contribution in [-0.4, -0.2) is 37.5 Å². The van der Waals surface area contributed by atoms with E-state index in [0.29, 0.717) is 5.56 Å². The molecule has 1 amide bonds. The molecular formula is C12H15NO5. The van der Waals surface area contributed by atoms with Crippen molar-refractivity contribution in [1.29, 1.82) is 0 Å². The van der Waals surface area contributed by atoms with E-state index in [2.05, 4.69) is 5.32 Å². The maximum atomic E-state index is 11.4. The normalized spacial score (nSPS) is 11.6. The number of methoxy groups -OCH3 is 1. The van der Waals surface area contributed by atoms with E-state index in [1.165, 1.54) is 7.11 Å². The van der Waals surface area contributed by atoms with Crippen LogP contribution in [0.3, 0.4) is 0 Å². The highest BCUT2D eigenvalue weighted by Gasteiger charge is 2.22. The molecule has 0 fully saturated rings. The smallest absolute Gasteiger partial charge is 0.408 e. The van der Waals surface area contributed by atoms with Gasteiger partial charge in [-0.2, -0.15) is 0 Å². The maximum Gasteiger partial charge on any atom is 0.408 e. The van der Waals surface area contributed by atoms with Crippen LogP contribution < -0.4 is 5.32 Å². The zero-order chi connectivity index (χ0) is 13.4. The zero-order valence-corrected chi connectivity index (χ0v) is 9.96. The fourth-order valence-corrected chi connectivity index (χ4v) is 1.31. The molecule has 0 bridgehead atoms. The Morgan fingerprint density at radius 1 is 1.28 bits per heavy atom. The number of hydrogen-bond acceptors (Lipinski definition) is 4. The van der Waals surface area contributed by atoms with Gasteiger partial charge in [-0.15, -0.1) is 0 Å². The number of amides is 1. The Balaban J connectivity index is 2.59. The Morgan fingerprint density at radius 3 is 2.50 bits per heavy atom. The van der Waals surface area contributed by atoms with Gasteiger partial charge in [0, 0.05) is 7.11 Å². The van der Waals surface area contributed by atoms with E-state index in [9.17, 15) is 9.59 Å². The number of aliphatic carboxylic acids is 1. The molecule has 1 aromatic carbocycles. The molecule has 0 aromatic heterocycles. The van der Waals surface area contributed by atoms with Crippen LogP contribution in [0.15, 0.2) is 30.3 Å². The largest absolute Gasteiger partial charge is 0.479 e. The number of carboxylic acid groups (broad SMARTS) is 1. The molecule has 0 saturated heterocycles. The van der Waals surface area contributed by atoms with Crippen LogP contribution in [0.25, 0.3) is 0 Å². The molecule has 0 saturated carbocycles. The van der Waals surface area contributed by atoms with Crippen LogP contribution >= 0.6 is 0 Å². The molecule has 1 unspecified atom stereocenters. The number of nitrogens with one attached hydrogen (secondary N) is 1. The first-order chi connectivity index (χ1) is 8.65. The molecule has 0 spiro atoms. The van der Waals surface area contributed by atoms with Crippen LogP contribution in [-0.2, 0) is 14.3 Å². The minimum atomic E-state index is -1.15. The molecule has 0 radical (unpaired) electrons. The Bertz CT molecular complexity index is 393. The molecule has 1 atom stereocenters. The fourth-order valence-electron chi connectivity index (χ4n) is 1.31. The van der Waals surface area contributed by atoms with Crippen molar-refractivity contribution in [1.82, 2.24) is 5.32 Å².